The highest BCUT2D eigenvalue weighted by atomic mass is 35.5. The van der Waals surface area contributed by atoms with E-state index in [1.54, 1.807) is 42.5 Å². The molecule has 0 spiro atoms. The van der Waals surface area contributed by atoms with Crippen LogP contribution in [0.3, 0.4) is 0 Å². The minimum absolute atomic E-state index is 0.149. The molecule has 0 aliphatic carbocycles. The summed E-state index contributed by atoms with van der Waals surface area (Å²) in [6.07, 6.45) is 3.15. The molecule has 4 aromatic rings. The average molecular weight is 376 g/mol. The zero-order chi connectivity index (χ0) is 18.8. The summed E-state index contributed by atoms with van der Waals surface area (Å²) < 4.78 is 0. The summed E-state index contributed by atoms with van der Waals surface area (Å²) in [6.45, 7) is 0. The van der Waals surface area contributed by atoms with Crippen molar-refractivity contribution in [3.63, 3.8) is 0 Å². The SMILES string of the molecule is O=c1[nH]/c(=C/c2ccc(Cl)cc2)c(=O)[nH]/c1=C\c1ccc2ccccc2n1. The van der Waals surface area contributed by atoms with Crippen LogP contribution in [0.25, 0.3) is 23.1 Å². The molecule has 0 bridgehead atoms. The van der Waals surface area contributed by atoms with Gasteiger partial charge in [0.1, 0.15) is 10.7 Å². The molecule has 0 fully saturated rings. The highest BCUT2D eigenvalue weighted by Crippen LogP contribution is 2.11. The van der Waals surface area contributed by atoms with E-state index in [4.69, 9.17) is 11.6 Å². The number of H-pyrrole nitrogens is 2. The van der Waals surface area contributed by atoms with Crippen LogP contribution in [0.2, 0.25) is 5.02 Å². The van der Waals surface area contributed by atoms with E-state index in [1.807, 2.05) is 30.3 Å². The first kappa shape index (κ1) is 17.0. The molecule has 0 amide bonds. The maximum absolute atomic E-state index is 12.4. The van der Waals surface area contributed by atoms with Gasteiger partial charge in [0.25, 0.3) is 11.1 Å². The molecule has 0 unspecified atom stereocenters. The number of benzene rings is 2. The van der Waals surface area contributed by atoms with Gasteiger partial charge >= 0.3 is 0 Å². The number of hydrogen-bond acceptors (Lipinski definition) is 3. The molecular formula is C21H14ClN3O2. The number of rotatable bonds is 2. The van der Waals surface area contributed by atoms with Crippen molar-refractivity contribution in [1.29, 1.82) is 0 Å². The fourth-order valence-electron chi connectivity index (χ4n) is 2.73. The number of pyridine rings is 1. The smallest absolute Gasteiger partial charge is 0.272 e. The predicted molar refractivity (Wildman–Crippen MR) is 107 cm³/mol. The van der Waals surface area contributed by atoms with Gasteiger partial charge in [-0.25, -0.2) is 4.98 Å². The summed E-state index contributed by atoms with van der Waals surface area (Å²) in [7, 11) is 0. The second kappa shape index (κ2) is 7.05. The Labute approximate surface area is 158 Å². The van der Waals surface area contributed by atoms with Gasteiger partial charge in [-0.05, 0) is 42.0 Å². The van der Waals surface area contributed by atoms with E-state index in [2.05, 4.69) is 15.0 Å². The Kier molecular flexibility index (Phi) is 4.44. The molecule has 0 aliphatic heterocycles. The number of aromatic amines is 2. The van der Waals surface area contributed by atoms with E-state index in [0.717, 1.165) is 16.5 Å². The van der Waals surface area contributed by atoms with Crippen LogP contribution in [-0.4, -0.2) is 15.0 Å². The van der Waals surface area contributed by atoms with Gasteiger partial charge in [0.15, 0.2) is 0 Å². The van der Waals surface area contributed by atoms with E-state index >= 15 is 0 Å². The van der Waals surface area contributed by atoms with Crippen molar-refractivity contribution in [3.05, 3.63) is 108 Å². The highest BCUT2D eigenvalue weighted by molar-refractivity contribution is 6.30. The van der Waals surface area contributed by atoms with Gasteiger partial charge < -0.3 is 9.97 Å². The summed E-state index contributed by atoms with van der Waals surface area (Å²) in [5.41, 5.74) is 1.37. The van der Waals surface area contributed by atoms with Crippen molar-refractivity contribution in [2.75, 3.05) is 0 Å². The molecule has 6 heteroatoms. The normalized spacial score (nSPS) is 12.6. The number of hydrogen-bond donors (Lipinski definition) is 2. The Morgan fingerprint density at radius 3 is 2.19 bits per heavy atom. The van der Waals surface area contributed by atoms with Crippen LogP contribution in [0.1, 0.15) is 11.3 Å². The number of fused-ring (bicyclic) bond motifs is 1. The maximum Gasteiger partial charge on any atom is 0.272 e. The van der Waals surface area contributed by atoms with Crippen molar-refractivity contribution >= 4 is 34.7 Å². The fraction of sp³-hybridized carbons (Fsp3) is 0. The molecule has 2 heterocycles. The molecule has 4 rings (SSSR count). The fourth-order valence-corrected chi connectivity index (χ4v) is 2.86. The highest BCUT2D eigenvalue weighted by Gasteiger charge is 1.99. The Hall–Kier alpha value is -3.44. The van der Waals surface area contributed by atoms with E-state index in [9.17, 15) is 9.59 Å². The minimum atomic E-state index is -0.398. The van der Waals surface area contributed by atoms with Gasteiger partial charge in [-0.15, -0.1) is 0 Å². The largest absolute Gasteiger partial charge is 0.316 e. The summed E-state index contributed by atoms with van der Waals surface area (Å²) in [5, 5.41) is 1.93. The molecular weight excluding hydrogens is 362 g/mol. The zero-order valence-electron chi connectivity index (χ0n) is 14.1. The van der Waals surface area contributed by atoms with Crippen LogP contribution in [-0.2, 0) is 0 Å². The van der Waals surface area contributed by atoms with Crippen molar-refractivity contribution < 1.29 is 0 Å². The second-order valence-electron chi connectivity index (χ2n) is 6.00. The molecule has 2 aromatic heterocycles. The summed E-state index contributed by atoms with van der Waals surface area (Å²) in [4.78, 5) is 34.4. The monoisotopic (exact) mass is 375 g/mol. The van der Waals surface area contributed by atoms with Gasteiger partial charge in [0, 0.05) is 10.4 Å². The quantitative estimate of drug-likeness (QED) is 0.562. The number of halogens is 1. The number of nitrogens with one attached hydrogen (secondary N) is 2. The zero-order valence-corrected chi connectivity index (χ0v) is 14.8. The molecule has 0 aliphatic rings. The summed E-state index contributed by atoms with van der Waals surface area (Å²) in [5.74, 6) is 0. The van der Waals surface area contributed by atoms with Gasteiger partial charge in [0.2, 0.25) is 0 Å². The standard InChI is InChI=1S/C21H14ClN3O2/c22-15-8-5-13(6-9-15)11-18-20(26)25-19(21(27)24-18)12-16-10-7-14-3-1-2-4-17(14)23-16/h1-12H,(H,24,27)(H,25,26)/b18-11+,19-12-. The van der Waals surface area contributed by atoms with Crippen LogP contribution in [0.4, 0.5) is 0 Å². The lowest BCUT2D eigenvalue weighted by Crippen LogP contribution is -2.46. The van der Waals surface area contributed by atoms with Crippen LogP contribution in [0, 0.1) is 0 Å². The number of nitrogens with zero attached hydrogens (tertiary/aromatic N) is 1. The molecule has 5 nitrogen and oxygen atoms in total. The average Bonchev–Trinajstić information content (AvgIpc) is 2.67. The third kappa shape index (κ3) is 3.73. The van der Waals surface area contributed by atoms with E-state index in [0.29, 0.717) is 10.7 Å². The van der Waals surface area contributed by atoms with Gasteiger partial charge in [0.05, 0.1) is 11.2 Å². The minimum Gasteiger partial charge on any atom is -0.316 e. The number of aromatic nitrogens is 3. The third-order valence-electron chi connectivity index (χ3n) is 4.08. The van der Waals surface area contributed by atoms with Crippen molar-refractivity contribution in [1.82, 2.24) is 15.0 Å². The Morgan fingerprint density at radius 1 is 0.778 bits per heavy atom. The first-order valence-corrected chi connectivity index (χ1v) is 8.64. The predicted octanol–water partition coefficient (Wildman–Crippen LogP) is 1.92. The summed E-state index contributed by atoms with van der Waals surface area (Å²) >= 11 is 5.86. The van der Waals surface area contributed by atoms with Gasteiger partial charge in [-0.1, -0.05) is 48.0 Å². The lowest BCUT2D eigenvalue weighted by molar-refractivity contribution is 1.00. The van der Waals surface area contributed by atoms with Crippen molar-refractivity contribution in [2.45, 2.75) is 0 Å². The Morgan fingerprint density at radius 2 is 1.44 bits per heavy atom. The summed E-state index contributed by atoms with van der Waals surface area (Å²) in [6, 6.07) is 18.4. The molecule has 27 heavy (non-hydrogen) atoms. The molecule has 0 saturated carbocycles. The first-order chi connectivity index (χ1) is 13.1. The van der Waals surface area contributed by atoms with Crippen LogP contribution < -0.4 is 21.8 Å². The molecule has 2 aromatic carbocycles. The molecule has 0 saturated heterocycles. The van der Waals surface area contributed by atoms with Crippen molar-refractivity contribution in [3.8, 4) is 0 Å². The molecule has 132 valence electrons. The van der Waals surface area contributed by atoms with E-state index < -0.39 is 11.1 Å². The lowest BCUT2D eigenvalue weighted by atomic mass is 10.2. The molecule has 2 N–H and O–H groups in total. The second-order valence-corrected chi connectivity index (χ2v) is 6.44. The molecule has 0 atom stereocenters. The van der Waals surface area contributed by atoms with Crippen LogP contribution >= 0.6 is 11.6 Å². The van der Waals surface area contributed by atoms with Gasteiger partial charge in [-0.3, -0.25) is 9.59 Å². The van der Waals surface area contributed by atoms with Crippen LogP contribution in [0.5, 0.6) is 0 Å². The maximum atomic E-state index is 12.4. The van der Waals surface area contributed by atoms with E-state index in [-0.39, 0.29) is 10.7 Å². The lowest BCUT2D eigenvalue weighted by Gasteiger charge is -1.98. The Balaban J connectivity index is 1.81. The van der Waals surface area contributed by atoms with E-state index in [1.165, 1.54) is 0 Å². The van der Waals surface area contributed by atoms with Crippen molar-refractivity contribution in [2.24, 2.45) is 0 Å². The first-order valence-electron chi connectivity index (χ1n) is 8.26. The number of para-hydroxylation sites is 1. The molecule has 0 radical (unpaired) electrons. The Bertz CT molecular complexity index is 1370. The van der Waals surface area contributed by atoms with Gasteiger partial charge in [-0.2, -0.15) is 0 Å². The van der Waals surface area contributed by atoms with Crippen LogP contribution in [0.15, 0.2) is 70.3 Å². The third-order valence-corrected chi connectivity index (χ3v) is 4.33. The topological polar surface area (TPSA) is 78.6 Å².